The fourth-order valence-corrected chi connectivity index (χ4v) is 7.76. The molecule has 0 radical (unpaired) electrons. The van der Waals surface area contributed by atoms with Crippen molar-refractivity contribution in [2.24, 2.45) is 0 Å². The molecule has 3 aromatic heterocycles. The quantitative estimate of drug-likeness (QED) is 0.177. The maximum Gasteiger partial charge on any atom is 0.200 e. The van der Waals surface area contributed by atoms with Crippen LogP contribution in [0.15, 0.2) is 131 Å². The van der Waals surface area contributed by atoms with Gasteiger partial charge in [0.2, 0.25) is 5.43 Å². The zero-order valence-electron chi connectivity index (χ0n) is 28.8. The smallest absolute Gasteiger partial charge is 0.200 e. The number of para-hydroxylation sites is 3. The Morgan fingerprint density at radius 2 is 1.14 bits per heavy atom. The highest BCUT2D eigenvalue weighted by Crippen LogP contribution is 2.42. The van der Waals surface area contributed by atoms with Gasteiger partial charge in [-0.05, 0) is 70.5 Å². The molecule has 49 heavy (non-hydrogen) atoms. The third kappa shape index (κ3) is 4.33. The minimum atomic E-state index is -0.227. The number of fused-ring (bicyclic) bond motifs is 9. The maximum atomic E-state index is 14.3. The average Bonchev–Trinajstić information content (AvgIpc) is 3.60. The van der Waals surface area contributed by atoms with Gasteiger partial charge in [-0.1, -0.05) is 108 Å². The summed E-state index contributed by atoms with van der Waals surface area (Å²) in [6.07, 6.45) is 0. The third-order valence-corrected chi connectivity index (χ3v) is 10.2. The number of hydrogen-bond donors (Lipinski definition) is 0. The van der Waals surface area contributed by atoms with Gasteiger partial charge in [0.1, 0.15) is 11.2 Å². The first-order valence-corrected chi connectivity index (χ1v) is 17.1. The maximum absolute atomic E-state index is 14.3. The van der Waals surface area contributed by atoms with Crippen LogP contribution in [0.1, 0.15) is 52.7 Å². The Bertz CT molecular complexity index is 2850. The fraction of sp³-hybridized carbons (Fsp3) is 0.178. The lowest BCUT2D eigenvalue weighted by atomic mass is 9.79. The SMILES string of the molecule is CC(C)(C)c1cc(C(C)(C)C)c2c(=O)c3ccc(-n4c5ccccc5c5ccc6c(c7ccccc7n6-c6ccccc6)c54)cc3oc2c1. The first-order chi connectivity index (χ1) is 23.5. The lowest BCUT2D eigenvalue weighted by Gasteiger charge is -2.26. The van der Waals surface area contributed by atoms with E-state index in [-0.39, 0.29) is 16.3 Å². The summed E-state index contributed by atoms with van der Waals surface area (Å²) in [7, 11) is 0. The van der Waals surface area contributed by atoms with Crippen molar-refractivity contribution < 1.29 is 4.42 Å². The molecule has 240 valence electrons. The minimum absolute atomic E-state index is 0.0173. The van der Waals surface area contributed by atoms with Crippen LogP contribution in [-0.4, -0.2) is 9.13 Å². The van der Waals surface area contributed by atoms with Gasteiger partial charge in [-0.2, -0.15) is 0 Å². The molecule has 0 saturated heterocycles. The summed E-state index contributed by atoms with van der Waals surface area (Å²) >= 11 is 0. The molecule has 6 aromatic carbocycles. The van der Waals surface area contributed by atoms with Crippen LogP contribution in [0.3, 0.4) is 0 Å². The molecule has 0 aliphatic rings. The number of benzene rings is 6. The van der Waals surface area contributed by atoms with Crippen molar-refractivity contribution in [3.8, 4) is 11.4 Å². The average molecular weight is 639 g/mol. The van der Waals surface area contributed by atoms with E-state index in [1.165, 1.54) is 21.5 Å². The van der Waals surface area contributed by atoms with E-state index in [1.54, 1.807) is 0 Å². The highest BCUT2D eigenvalue weighted by molar-refractivity contribution is 6.26. The van der Waals surface area contributed by atoms with Gasteiger partial charge in [0.25, 0.3) is 0 Å². The predicted octanol–water partition coefficient (Wildman–Crippen LogP) is 11.7. The predicted molar refractivity (Wildman–Crippen MR) is 206 cm³/mol. The Kier molecular flexibility index (Phi) is 6.14. The molecule has 4 heteroatoms. The molecule has 0 unspecified atom stereocenters. The lowest BCUT2D eigenvalue weighted by molar-refractivity contribution is 0.567. The van der Waals surface area contributed by atoms with Crippen molar-refractivity contribution in [2.75, 3.05) is 0 Å². The zero-order chi connectivity index (χ0) is 33.8. The molecule has 4 nitrogen and oxygen atoms in total. The topological polar surface area (TPSA) is 40.1 Å². The molecule has 9 aromatic rings. The largest absolute Gasteiger partial charge is 0.456 e. The van der Waals surface area contributed by atoms with Gasteiger partial charge < -0.3 is 13.6 Å². The van der Waals surface area contributed by atoms with Crippen molar-refractivity contribution in [3.05, 3.63) is 143 Å². The van der Waals surface area contributed by atoms with E-state index in [2.05, 4.69) is 166 Å². The zero-order valence-corrected chi connectivity index (χ0v) is 28.8. The molecule has 0 fully saturated rings. The Hall–Kier alpha value is -5.61. The Labute approximate surface area is 284 Å². The molecule has 0 N–H and O–H groups in total. The molecule has 3 heterocycles. The van der Waals surface area contributed by atoms with Gasteiger partial charge in [0.15, 0.2) is 0 Å². The van der Waals surface area contributed by atoms with Crippen molar-refractivity contribution in [2.45, 2.75) is 52.4 Å². The van der Waals surface area contributed by atoms with Gasteiger partial charge in [-0.15, -0.1) is 0 Å². The highest BCUT2D eigenvalue weighted by atomic mass is 16.3. The number of rotatable bonds is 2. The number of aromatic nitrogens is 2. The molecule has 0 saturated carbocycles. The summed E-state index contributed by atoms with van der Waals surface area (Å²) in [5, 5.41) is 6.02. The first kappa shape index (κ1) is 29.5. The van der Waals surface area contributed by atoms with Crippen LogP contribution in [0.5, 0.6) is 0 Å². The van der Waals surface area contributed by atoms with E-state index in [1.807, 2.05) is 6.07 Å². The molecule has 0 aliphatic carbocycles. The Morgan fingerprint density at radius 1 is 0.490 bits per heavy atom. The Balaban J connectivity index is 1.40. The van der Waals surface area contributed by atoms with E-state index in [0.29, 0.717) is 21.9 Å². The van der Waals surface area contributed by atoms with Gasteiger partial charge in [-0.3, -0.25) is 4.79 Å². The van der Waals surface area contributed by atoms with Crippen LogP contribution in [-0.2, 0) is 10.8 Å². The van der Waals surface area contributed by atoms with Gasteiger partial charge in [0.05, 0.1) is 32.8 Å². The van der Waals surface area contributed by atoms with Crippen molar-refractivity contribution in [3.63, 3.8) is 0 Å². The van der Waals surface area contributed by atoms with Crippen LogP contribution in [0.4, 0.5) is 0 Å². The standard InChI is InChI=1S/C45H38N2O2/c1-44(2,3)27-24-34(45(4,5)6)41-39(25-27)49-38-26-29(20-21-33(38)43(41)48)47-35-18-12-10-16-30(35)31-22-23-37-40(42(31)47)32-17-11-13-19-36(32)46(37)28-14-8-7-9-15-28/h7-26H,1-6H3. The normalized spacial score (nSPS) is 12.8. The lowest BCUT2D eigenvalue weighted by Crippen LogP contribution is -2.19. The van der Waals surface area contributed by atoms with E-state index in [0.717, 1.165) is 44.6 Å². The van der Waals surface area contributed by atoms with E-state index < -0.39 is 0 Å². The van der Waals surface area contributed by atoms with Crippen LogP contribution >= 0.6 is 0 Å². The van der Waals surface area contributed by atoms with Crippen molar-refractivity contribution in [1.29, 1.82) is 0 Å². The summed E-state index contributed by atoms with van der Waals surface area (Å²) in [5.74, 6) is 0. The Morgan fingerprint density at radius 3 is 1.86 bits per heavy atom. The second-order valence-corrected chi connectivity index (χ2v) is 15.4. The van der Waals surface area contributed by atoms with Crippen LogP contribution in [0.25, 0.3) is 76.9 Å². The monoisotopic (exact) mass is 638 g/mol. The molecule has 0 amide bonds. The molecular formula is C45H38N2O2. The van der Waals surface area contributed by atoms with Crippen molar-refractivity contribution in [1.82, 2.24) is 9.13 Å². The number of nitrogens with zero attached hydrogens (tertiary/aromatic N) is 2. The molecule has 0 aliphatic heterocycles. The summed E-state index contributed by atoms with van der Waals surface area (Å²) in [6.45, 7) is 13.1. The minimum Gasteiger partial charge on any atom is -0.456 e. The van der Waals surface area contributed by atoms with Gasteiger partial charge >= 0.3 is 0 Å². The van der Waals surface area contributed by atoms with E-state index >= 15 is 0 Å². The van der Waals surface area contributed by atoms with Crippen LogP contribution in [0, 0.1) is 0 Å². The molecular weight excluding hydrogens is 601 g/mol. The van der Waals surface area contributed by atoms with Gasteiger partial charge in [0, 0.05) is 39.0 Å². The first-order valence-electron chi connectivity index (χ1n) is 17.1. The third-order valence-electron chi connectivity index (χ3n) is 10.2. The van der Waals surface area contributed by atoms with Crippen LogP contribution < -0.4 is 5.43 Å². The molecule has 0 bridgehead atoms. The summed E-state index contributed by atoms with van der Waals surface area (Å²) < 4.78 is 11.5. The summed E-state index contributed by atoms with van der Waals surface area (Å²) in [4.78, 5) is 14.3. The van der Waals surface area contributed by atoms with E-state index in [4.69, 9.17) is 4.42 Å². The molecule has 0 atom stereocenters. The summed E-state index contributed by atoms with van der Waals surface area (Å²) in [5.41, 5.74) is 9.72. The highest BCUT2D eigenvalue weighted by Gasteiger charge is 2.26. The van der Waals surface area contributed by atoms with Crippen molar-refractivity contribution >= 4 is 65.6 Å². The second kappa shape index (κ2) is 10.2. The summed E-state index contributed by atoms with van der Waals surface area (Å²) in [6, 6.07) is 42.7. The molecule has 9 rings (SSSR count). The van der Waals surface area contributed by atoms with Crippen LogP contribution in [0.2, 0.25) is 0 Å². The van der Waals surface area contributed by atoms with Gasteiger partial charge in [-0.25, -0.2) is 0 Å². The fourth-order valence-electron chi connectivity index (χ4n) is 7.76. The second-order valence-electron chi connectivity index (χ2n) is 15.4. The number of hydrogen-bond acceptors (Lipinski definition) is 2. The van der Waals surface area contributed by atoms with E-state index in [9.17, 15) is 4.79 Å². The molecule has 0 spiro atoms.